The Kier molecular flexibility index (Phi) is 5.02. The highest BCUT2D eigenvalue weighted by Gasteiger charge is 2.51. The summed E-state index contributed by atoms with van der Waals surface area (Å²) in [7, 11) is 0. The Morgan fingerprint density at radius 3 is 2.03 bits per heavy atom. The highest BCUT2D eigenvalue weighted by atomic mass is 32.1. The molecule has 29 heavy (non-hydrogen) atoms. The molecule has 1 N–H and O–H groups in total. The maximum absolute atomic E-state index is 13.8. The van der Waals surface area contributed by atoms with E-state index < -0.39 is 23.3 Å². The Labute approximate surface area is 170 Å². The summed E-state index contributed by atoms with van der Waals surface area (Å²) in [6.07, 6.45) is -0.777. The maximum Gasteiger partial charge on any atom is 0.265 e. The monoisotopic (exact) mass is 412 g/mol. The fourth-order valence-electron chi connectivity index (χ4n) is 3.51. The molecule has 7 heteroatoms. The molecule has 1 aromatic heterocycles. The first-order valence-electron chi connectivity index (χ1n) is 9.07. The van der Waals surface area contributed by atoms with Gasteiger partial charge in [-0.1, -0.05) is 30.3 Å². The van der Waals surface area contributed by atoms with Gasteiger partial charge in [0.2, 0.25) is 0 Å². The Hall–Kier alpha value is -2.90. The summed E-state index contributed by atoms with van der Waals surface area (Å²) in [5, 5.41) is 11.9. The summed E-state index contributed by atoms with van der Waals surface area (Å²) in [6.45, 7) is 1.65. The van der Waals surface area contributed by atoms with E-state index in [4.69, 9.17) is 4.99 Å². The van der Waals surface area contributed by atoms with Gasteiger partial charge in [0, 0.05) is 0 Å². The summed E-state index contributed by atoms with van der Waals surface area (Å²) >= 11 is 1.42. The van der Waals surface area contributed by atoms with E-state index >= 15 is 0 Å². The second-order valence-corrected chi connectivity index (χ2v) is 7.85. The predicted molar refractivity (Wildman–Crippen MR) is 108 cm³/mol. The molecule has 3 aromatic rings. The Morgan fingerprint density at radius 1 is 1.03 bits per heavy atom. The van der Waals surface area contributed by atoms with Gasteiger partial charge in [-0.05, 0) is 53.8 Å². The number of halogens is 2. The molecule has 0 saturated carbocycles. The van der Waals surface area contributed by atoms with Crippen molar-refractivity contribution in [3.05, 3.63) is 93.7 Å². The third-order valence-electron chi connectivity index (χ3n) is 4.80. The minimum absolute atomic E-state index is 0.0553. The van der Waals surface area contributed by atoms with Crippen LogP contribution in [0.3, 0.4) is 0 Å². The summed E-state index contributed by atoms with van der Waals surface area (Å²) in [5.41, 5.74) is -0.550. The first kappa shape index (κ1) is 19.4. The van der Waals surface area contributed by atoms with Crippen LogP contribution in [0.15, 0.2) is 71.0 Å². The molecule has 0 spiro atoms. The average molecular weight is 412 g/mol. The van der Waals surface area contributed by atoms with Crippen molar-refractivity contribution in [2.75, 3.05) is 6.54 Å². The smallest absolute Gasteiger partial charge is 0.265 e. The van der Waals surface area contributed by atoms with Crippen molar-refractivity contribution in [2.45, 2.75) is 18.6 Å². The summed E-state index contributed by atoms with van der Waals surface area (Å²) in [4.78, 5) is 20.8. The number of carbonyl (C=O) groups excluding carboxylic acids is 1. The number of amidine groups is 1. The van der Waals surface area contributed by atoms with Gasteiger partial charge in [0.15, 0.2) is 5.54 Å². The highest BCUT2D eigenvalue weighted by molar-refractivity contribution is 7.12. The van der Waals surface area contributed by atoms with E-state index in [2.05, 4.69) is 0 Å². The molecule has 0 saturated heterocycles. The molecule has 148 valence electrons. The lowest BCUT2D eigenvalue weighted by molar-refractivity contribution is -0.131. The lowest BCUT2D eigenvalue weighted by Crippen LogP contribution is -2.44. The molecule has 0 radical (unpaired) electrons. The number of hydrogen-bond acceptors (Lipinski definition) is 4. The Bertz CT molecular complexity index is 1000. The van der Waals surface area contributed by atoms with Gasteiger partial charge < -0.3 is 5.11 Å². The molecule has 1 aliphatic rings. The number of aliphatic hydroxyl groups is 1. The number of β-amino-alcohol motifs (C(OH)–C–C–N with tert-alkyl or cyclic N) is 1. The second-order valence-electron chi connectivity index (χ2n) is 6.90. The number of carbonyl (C=O) groups is 1. The normalized spacial score (nSPS) is 16.8. The zero-order valence-electron chi connectivity index (χ0n) is 15.5. The van der Waals surface area contributed by atoms with Crippen molar-refractivity contribution >= 4 is 23.1 Å². The SMILES string of the molecule is CC(O)CN1C(=O)C(c2ccc(F)cc2)(c2ccc(F)cc2)N=C1c1cccs1. The van der Waals surface area contributed by atoms with Crippen LogP contribution in [0.1, 0.15) is 22.9 Å². The van der Waals surface area contributed by atoms with Gasteiger partial charge in [-0.25, -0.2) is 13.8 Å². The molecule has 2 aromatic carbocycles. The lowest BCUT2D eigenvalue weighted by Gasteiger charge is -2.28. The van der Waals surface area contributed by atoms with E-state index in [0.717, 1.165) is 4.88 Å². The molecule has 1 atom stereocenters. The number of thiophene rings is 1. The molecule has 0 bridgehead atoms. The number of amides is 1. The van der Waals surface area contributed by atoms with Crippen LogP contribution in [0.2, 0.25) is 0 Å². The molecule has 2 heterocycles. The molecule has 4 rings (SSSR count). The highest BCUT2D eigenvalue weighted by Crippen LogP contribution is 2.41. The zero-order valence-corrected chi connectivity index (χ0v) is 16.4. The summed E-state index contributed by atoms with van der Waals surface area (Å²) in [5.74, 6) is -0.812. The number of rotatable bonds is 5. The van der Waals surface area contributed by atoms with Crippen molar-refractivity contribution in [2.24, 2.45) is 4.99 Å². The average Bonchev–Trinajstić information content (AvgIpc) is 3.31. The number of nitrogens with zero attached hydrogens (tertiary/aromatic N) is 2. The molecule has 0 fully saturated rings. The van der Waals surface area contributed by atoms with Crippen molar-refractivity contribution in [1.29, 1.82) is 0 Å². The van der Waals surface area contributed by atoms with Gasteiger partial charge in [0.25, 0.3) is 5.91 Å². The fraction of sp³-hybridized carbons (Fsp3) is 0.182. The van der Waals surface area contributed by atoms with Gasteiger partial charge in [-0.2, -0.15) is 0 Å². The van der Waals surface area contributed by atoms with Gasteiger partial charge >= 0.3 is 0 Å². The van der Waals surface area contributed by atoms with Crippen LogP contribution in [-0.4, -0.2) is 34.4 Å². The number of benzene rings is 2. The number of aliphatic hydroxyl groups excluding tert-OH is 1. The lowest BCUT2D eigenvalue weighted by atomic mass is 9.82. The molecular weight excluding hydrogens is 394 g/mol. The van der Waals surface area contributed by atoms with E-state index in [1.165, 1.54) is 64.8 Å². The standard InChI is InChI=1S/C22H18F2N2O2S/c1-14(27)13-26-20(19-3-2-12-29-19)25-22(21(26)28,15-4-8-17(23)9-5-15)16-6-10-18(24)11-7-16/h2-12,14,27H,13H2,1H3. The molecule has 1 amide bonds. The summed E-state index contributed by atoms with van der Waals surface area (Å²) in [6, 6.07) is 14.8. The largest absolute Gasteiger partial charge is 0.392 e. The first-order chi connectivity index (χ1) is 13.9. The van der Waals surface area contributed by atoms with Crippen LogP contribution in [0.4, 0.5) is 8.78 Å². The Balaban J connectivity index is 1.97. The van der Waals surface area contributed by atoms with Crippen molar-refractivity contribution in [3.63, 3.8) is 0 Å². The topological polar surface area (TPSA) is 52.9 Å². The van der Waals surface area contributed by atoms with Crippen LogP contribution < -0.4 is 0 Å². The van der Waals surface area contributed by atoms with Crippen LogP contribution >= 0.6 is 11.3 Å². The molecular formula is C22H18F2N2O2S. The minimum atomic E-state index is -1.49. The second kappa shape index (κ2) is 7.50. The van der Waals surface area contributed by atoms with Gasteiger partial charge in [0.1, 0.15) is 17.5 Å². The van der Waals surface area contributed by atoms with E-state index in [1.54, 1.807) is 6.92 Å². The van der Waals surface area contributed by atoms with Gasteiger partial charge in [-0.15, -0.1) is 11.3 Å². The van der Waals surface area contributed by atoms with Gasteiger partial charge in [0.05, 0.1) is 17.5 Å². The minimum Gasteiger partial charge on any atom is -0.392 e. The third kappa shape index (κ3) is 3.36. The number of aliphatic imine (C=N–C) groups is 1. The van der Waals surface area contributed by atoms with E-state index in [-0.39, 0.29) is 12.5 Å². The first-order valence-corrected chi connectivity index (χ1v) is 9.95. The Morgan fingerprint density at radius 2 is 1.59 bits per heavy atom. The predicted octanol–water partition coefficient (Wildman–Crippen LogP) is 3.94. The van der Waals surface area contributed by atoms with Crippen LogP contribution in [0.25, 0.3) is 0 Å². The summed E-state index contributed by atoms with van der Waals surface area (Å²) < 4.78 is 27.2. The fourth-order valence-corrected chi connectivity index (χ4v) is 4.23. The number of hydrogen-bond donors (Lipinski definition) is 1. The van der Waals surface area contributed by atoms with E-state index in [9.17, 15) is 18.7 Å². The van der Waals surface area contributed by atoms with Crippen molar-refractivity contribution < 1.29 is 18.7 Å². The van der Waals surface area contributed by atoms with E-state index in [1.807, 2.05) is 17.5 Å². The quantitative estimate of drug-likeness (QED) is 0.690. The van der Waals surface area contributed by atoms with Crippen molar-refractivity contribution in [1.82, 2.24) is 4.90 Å². The van der Waals surface area contributed by atoms with E-state index in [0.29, 0.717) is 17.0 Å². The third-order valence-corrected chi connectivity index (χ3v) is 5.66. The zero-order chi connectivity index (χ0) is 20.6. The molecule has 4 nitrogen and oxygen atoms in total. The molecule has 0 aliphatic carbocycles. The van der Waals surface area contributed by atoms with Crippen LogP contribution in [-0.2, 0) is 10.3 Å². The molecule has 1 unspecified atom stereocenters. The van der Waals surface area contributed by atoms with Gasteiger partial charge in [-0.3, -0.25) is 9.69 Å². The van der Waals surface area contributed by atoms with Crippen LogP contribution in [0, 0.1) is 11.6 Å². The maximum atomic E-state index is 13.8. The van der Waals surface area contributed by atoms with Crippen molar-refractivity contribution in [3.8, 4) is 0 Å². The molecule has 1 aliphatic heterocycles. The van der Waals surface area contributed by atoms with Crippen LogP contribution in [0.5, 0.6) is 0 Å².